The number of benzene rings is 2. The topological polar surface area (TPSA) is 20.3 Å². The van der Waals surface area contributed by atoms with Crippen molar-refractivity contribution in [2.24, 2.45) is 0 Å². The van der Waals surface area contributed by atoms with E-state index in [0.29, 0.717) is 5.56 Å². The number of hydrogen-bond acceptors (Lipinski definition) is 1. The van der Waals surface area contributed by atoms with Gasteiger partial charge in [0.1, 0.15) is 5.82 Å². The largest absolute Gasteiger partial charge is 0.332 e. The quantitative estimate of drug-likeness (QED) is 0.812. The van der Waals surface area contributed by atoms with Gasteiger partial charge in [-0.25, -0.2) is 4.39 Å². The van der Waals surface area contributed by atoms with Crippen molar-refractivity contribution in [3.05, 3.63) is 71.0 Å². The molecule has 0 bridgehead atoms. The maximum Gasteiger partial charge on any atom is 0.254 e. The summed E-state index contributed by atoms with van der Waals surface area (Å²) in [5.74, 6) is -0.451. The summed E-state index contributed by atoms with van der Waals surface area (Å²) in [4.78, 5) is 14.5. The van der Waals surface area contributed by atoms with Crippen molar-refractivity contribution in [1.29, 1.82) is 0 Å². The second kappa shape index (κ2) is 5.68. The Morgan fingerprint density at radius 3 is 2.76 bits per heavy atom. The minimum Gasteiger partial charge on any atom is -0.332 e. The molecule has 1 heterocycles. The summed E-state index contributed by atoms with van der Waals surface area (Å²) in [6, 6.07) is 14.2. The van der Waals surface area contributed by atoms with Gasteiger partial charge in [-0.15, -0.1) is 0 Å². The van der Waals surface area contributed by atoms with Gasteiger partial charge < -0.3 is 4.90 Å². The molecule has 2 aromatic rings. The first kappa shape index (κ1) is 13.8. The smallest absolute Gasteiger partial charge is 0.254 e. The summed E-state index contributed by atoms with van der Waals surface area (Å²) in [6.45, 7) is 2.80. The van der Waals surface area contributed by atoms with E-state index in [-0.39, 0.29) is 17.8 Å². The lowest BCUT2D eigenvalue weighted by atomic mass is 9.99. The fourth-order valence-electron chi connectivity index (χ4n) is 3.08. The number of carbonyl (C=O) groups excluding carboxylic acids is 1. The van der Waals surface area contributed by atoms with Gasteiger partial charge in [0.25, 0.3) is 5.91 Å². The molecule has 3 heteroatoms. The van der Waals surface area contributed by atoms with Crippen LogP contribution in [0.3, 0.4) is 0 Å². The molecule has 108 valence electrons. The van der Waals surface area contributed by atoms with Crippen molar-refractivity contribution < 1.29 is 9.18 Å². The molecule has 1 aliphatic heterocycles. The van der Waals surface area contributed by atoms with E-state index < -0.39 is 0 Å². The molecule has 2 aromatic carbocycles. The molecule has 0 radical (unpaired) electrons. The maximum absolute atomic E-state index is 13.3. The van der Waals surface area contributed by atoms with Crippen molar-refractivity contribution >= 4 is 5.91 Å². The first-order chi connectivity index (χ1) is 10.2. The van der Waals surface area contributed by atoms with Crippen LogP contribution in [0.15, 0.2) is 48.5 Å². The van der Waals surface area contributed by atoms with Crippen LogP contribution in [0, 0.1) is 12.7 Å². The Balaban J connectivity index is 1.91. The summed E-state index contributed by atoms with van der Waals surface area (Å²) in [5.41, 5.74) is 2.82. The van der Waals surface area contributed by atoms with Gasteiger partial charge in [0.2, 0.25) is 0 Å². The normalized spacial score (nSPS) is 18.0. The zero-order valence-corrected chi connectivity index (χ0v) is 12.1. The van der Waals surface area contributed by atoms with E-state index >= 15 is 0 Å². The number of hydrogen-bond donors (Lipinski definition) is 0. The third-order valence-corrected chi connectivity index (χ3v) is 4.13. The molecule has 1 amide bonds. The third-order valence-electron chi connectivity index (χ3n) is 4.13. The van der Waals surface area contributed by atoms with Crippen LogP contribution >= 0.6 is 0 Å². The number of aryl methyl sites for hydroxylation is 1. The van der Waals surface area contributed by atoms with Crippen LogP contribution in [0.4, 0.5) is 4.39 Å². The highest BCUT2D eigenvalue weighted by Crippen LogP contribution is 2.34. The van der Waals surface area contributed by atoms with E-state index in [1.807, 2.05) is 17.0 Å². The highest BCUT2D eigenvalue weighted by molar-refractivity contribution is 5.94. The van der Waals surface area contributed by atoms with E-state index in [2.05, 4.69) is 19.1 Å². The summed E-state index contributed by atoms with van der Waals surface area (Å²) < 4.78 is 13.3. The van der Waals surface area contributed by atoms with Crippen LogP contribution in [0.1, 0.15) is 40.4 Å². The average molecular weight is 283 g/mol. The first-order valence-electron chi connectivity index (χ1n) is 7.29. The maximum atomic E-state index is 13.3. The molecule has 1 fully saturated rings. The molecule has 0 N–H and O–H groups in total. The van der Waals surface area contributed by atoms with Crippen LogP contribution in [0.2, 0.25) is 0 Å². The molecule has 2 nitrogen and oxygen atoms in total. The number of nitrogens with zero attached hydrogens (tertiary/aromatic N) is 1. The highest BCUT2D eigenvalue weighted by Gasteiger charge is 2.31. The van der Waals surface area contributed by atoms with E-state index in [0.717, 1.165) is 19.4 Å². The average Bonchev–Trinajstić information content (AvgIpc) is 2.96. The Labute approximate surface area is 124 Å². The molecule has 1 unspecified atom stereocenters. The molecule has 1 saturated heterocycles. The summed E-state index contributed by atoms with van der Waals surface area (Å²) >= 11 is 0. The Bertz CT molecular complexity index is 668. The molecule has 0 saturated carbocycles. The van der Waals surface area contributed by atoms with Gasteiger partial charge in [-0.1, -0.05) is 30.3 Å². The van der Waals surface area contributed by atoms with E-state index in [4.69, 9.17) is 0 Å². The van der Waals surface area contributed by atoms with Crippen molar-refractivity contribution in [2.45, 2.75) is 25.8 Å². The fraction of sp³-hybridized carbons (Fsp3) is 0.278. The molecule has 0 spiro atoms. The minimum atomic E-state index is -0.368. The molecule has 1 atom stereocenters. The molecule has 1 aliphatic rings. The SMILES string of the molecule is Cc1ccccc1C1CCCN1C(=O)c1cccc(F)c1. The third kappa shape index (κ3) is 2.68. The van der Waals surface area contributed by atoms with E-state index in [9.17, 15) is 9.18 Å². The molecular weight excluding hydrogens is 265 g/mol. The predicted octanol–water partition coefficient (Wildman–Crippen LogP) is 4.11. The van der Waals surface area contributed by atoms with Crippen molar-refractivity contribution in [3.63, 3.8) is 0 Å². The van der Waals surface area contributed by atoms with Gasteiger partial charge in [0.15, 0.2) is 0 Å². The molecular formula is C18H18FNO. The number of likely N-dealkylation sites (tertiary alicyclic amines) is 1. The van der Waals surface area contributed by atoms with Crippen LogP contribution in [-0.2, 0) is 0 Å². The lowest BCUT2D eigenvalue weighted by Gasteiger charge is -2.26. The number of amides is 1. The number of carbonyl (C=O) groups is 1. The Kier molecular flexibility index (Phi) is 3.74. The van der Waals surface area contributed by atoms with Crippen molar-refractivity contribution in [1.82, 2.24) is 4.90 Å². The van der Waals surface area contributed by atoms with Crippen molar-refractivity contribution in [3.8, 4) is 0 Å². The molecule has 0 aromatic heterocycles. The Morgan fingerprint density at radius 2 is 2.00 bits per heavy atom. The second-order valence-electron chi connectivity index (χ2n) is 5.52. The minimum absolute atomic E-state index is 0.0831. The number of rotatable bonds is 2. The Morgan fingerprint density at radius 1 is 1.19 bits per heavy atom. The first-order valence-corrected chi connectivity index (χ1v) is 7.29. The van der Waals surface area contributed by atoms with Crippen molar-refractivity contribution in [2.75, 3.05) is 6.54 Å². The fourth-order valence-corrected chi connectivity index (χ4v) is 3.08. The van der Waals surface area contributed by atoms with Gasteiger partial charge in [0.05, 0.1) is 6.04 Å². The van der Waals surface area contributed by atoms with E-state index in [1.165, 1.54) is 23.3 Å². The van der Waals surface area contributed by atoms with Gasteiger partial charge >= 0.3 is 0 Å². The highest BCUT2D eigenvalue weighted by atomic mass is 19.1. The van der Waals surface area contributed by atoms with Gasteiger partial charge in [-0.2, -0.15) is 0 Å². The van der Waals surface area contributed by atoms with Gasteiger partial charge in [-0.3, -0.25) is 4.79 Å². The standard InChI is InChI=1S/C18H18FNO/c1-13-6-2-3-9-16(13)17-10-5-11-20(17)18(21)14-7-4-8-15(19)12-14/h2-4,6-9,12,17H,5,10-11H2,1H3. The molecule has 3 rings (SSSR count). The Hall–Kier alpha value is -2.16. The lowest BCUT2D eigenvalue weighted by Crippen LogP contribution is -2.30. The van der Waals surface area contributed by atoms with Crippen LogP contribution in [-0.4, -0.2) is 17.4 Å². The van der Waals surface area contributed by atoms with Crippen LogP contribution < -0.4 is 0 Å². The summed E-state index contributed by atoms with van der Waals surface area (Å²) in [6.07, 6.45) is 1.95. The zero-order chi connectivity index (χ0) is 14.8. The lowest BCUT2D eigenvalue weighted by molar-refractivity contribution is 0.0735. The molecule has 0 aliphatic carbocycles. The van der Waals surface area contributed by atoms with Gasteiger partial charge in [0, 0.05) is 12.1 Å². The van der Waals surface area contributed by atoms with E-state index in [1.54, 1.807) is 12.1 Å². The number of halogens is 1. The second-order valence-corrected chi connectivity index (χ2v) is 5.52. The monoisotopic (exact) mass is 283 g/mol. The van der Waals surface area contributed by atoms with Gasteiger partial charge in [-0.05, 0) is 49.1 Å². The summed E-state index contributed by atoms with van der Waals surface area (Å²) in [7, 11) is 0. The summed E-state index contributed by atoms with van der Waals surface area (Å²) in [5, 5.41) is 0. The molecule has 21 heavy (non-hydrogen) atoms. The predicted molar refractivity (Wildman–Crippen MR) is 80.6 cm³/mol. The van der Waals surface area contributed by atoms with Crippen LogP contribution in [0.5, 0.6) is 0 Å². The zero-order valence-electron chi connectivity index (χ0n) is 12.1. The van der Waals surface area contributed by atoms with Crippen LogP contribution in [0.25, 0.3) is 0 Å².